The second-order valence-corrected chi connectivity index (χ2v) is 4.89. The Labute approximate surface area is 126 Å². The van der Waals surface area contributed by atoms with Crippen molar-refractivity contribution >= 4 is 29.1 Å². The number of carbonyl (C=O) groups is 1. The van der Waals surface area contributed by atoms with Crippen molar-refractivity contribution in [2.24, 2.45) is 0 Å². The number of hydrogen-bond donors (Lipinski definition) is 2. The first-order chi connectivity index (χ1) is 9.58. The molecule has 0 saturated carbocycles. The Bertz CT molecular complexity index is 620. The van der Waals surface area contributed by atoms with Crippen LogP contribution in [0.1, 0.15) is 22.2 Å². The molecule has 6 heteroatoms. The van der Waals surface area contributed by atoms with Crippen LogP contribution in [0.25, 0.3) is 0 Å². The third kappa shape index (κ3) is 3.70. The molecule has 0 saturated heterocycles. The van der Waals surface area contributed by atoms with Crippen molar-refractivity contribution in [3.8, 4) is 0 Å². The minimum absolute atomic E-state index is 0.0385. The lowest BCUT2D eigenvalue weighted by molar-refractivity contribution is 0.0911. The number of amides is 1. The van der Waals surface area contributed by atoms with Gasteiger partial charge in [0.15, 0.2) is 0 Å². The van der Waals surface area contributed by atoms with Crippen LogP contribution in [-0.2, 0) is 0 Å². The molecule has 20 heavy (non-hydrogen) atoms. The lowest BCUT2D eigenvalue weighted by Gasteiger charge is -2.13. The SMILES string of the molecule is O=C(NCC(O)c1ccccc1Cl)c1cccc(Cl)n1. The van der Waals surface area contributed by atoms with Crippen LogP contribution in [-0.4, -0.2) is 22.5 Å². The average Bonchev–Trinajstić information content (AvgIpc) is 2.45. The van der Waals surface area contributed by atoms with Gasteiger partial charge in [-0.05, 0) is 18.2 Å². The molecule has 0 bridgehead atoms. The van der Waals surface area contributed by atoms with Crippen LogP contribution in [0, 0.1) is 0 Å². The first kappa shape index (κ1) is 14.8. The predicted octanol–water partition coefficient (Wildman–Crippen LogP) is 2.85. The third-order valence-electron chi connectivity index (χ3n) is 2.67. The van der Waals surface area contributed by atoms with E-state index in [4.69, 9.17) is 23.2 Å². The van der Waals surface area contributed by atoms with E-state index in [-0.39, 0.29) is 17.4 Å². The van der Waals surface area contributed by atoms with Crippen LogP contribution >= 0.6 is 23.2 Å². The van der Waals surface area contributed by atoms with E-state index in [1.165, 1.54) is 0 Å². The van der Waals surface area contributed by atoms with E-state index in [0.717, 1.165) is 0 Å². The highest BCUT2D eigenvalue weighted by Gasteiger charge is 2.14. The number of pyridine rings is 1. The highest BCUT2D eigenvalue weighted by molar-refractivity contribution is 6.31. The van der Waals surface area contributed by atoms with Crippen LogP contribution in [0.5, 0.6) is 0 Å². The number of carbonyl (C=O) groups excluding carboxylic acids is 1. The summed E-state index contributed by atoms with van der Waals surface area (Å²) in [6.45, 7) is 0.0385. The van der Waals surface area contributed by atoms with Crippen LogP contribution in [0.2, 0.25) is 10.2 Å². The Morgan fingerprint density at radius 2 is 1.95 bits per heavy atom. The molecule has 1 unspecified atom stereocenters. The summed E-state index contributed by atoms with van der Waals surface area (Å²) < 4.78 is 0. The molecule has 1 heterocycles. The molecule has 0 fully saturated rings. The lowest BCUT2D eigenvalue weighted by Crippen LogP contribution is -2.29. The van der Waals surface area contributed by atoms with Gasteiger partial charge in [0, 0.05) is 17.1 Å². The minimum atomic E-state index is -0.883. The zero-order chi connectivity index (χ0) is 14.5. The van der Waals surface area contributed by atoms with Crippen LogP contribution in [0.3, 0.4) is 0 Å². The van der Waals surface area contributed by atoms with Gasteiger partial charge in [-0.25, -0.2) is 4.98 Å². The second-order valence-electron chi connectivity index (χ2n) is 4.09. The van der Waals surface area contributed by atoms with Gasteiger partial charge in [0.05, 0.1) is 6.10 Å². The fourth-order valence-corrected chi connectivity index (χ4v) is 2.10. The van der Waals surface area contributed by atoms with Gasteiger partial charge in [-0.15, -0.1) is 0 Å². The van der Waals surface area contributed by atoms with Crippen LogP contribution in [0.15, 0.2) is 42.5 Å². The van der Waals surface area contributed by atoms with Gasteiger partial charge in [-0.1, -0.05) is 47.5 Å². The number of hydrogen-bond acceptors (Lipinski definition) is 3. The minimum Gasteiger partial charge on any atom is -0.387 e. The molecule has 2 aromatic rings. The first-order valence-electron chi connectivity index (χ1n) is 5.91. The monoisotopic (exact) mass is 310 g/mol. The average molecular weight is 311 g/mol. The molecule has 4 nitrogen and oxygen atoms in total. The van der Waals surface area contributed by atoms with E-state index >= 15 is 0 Å². The van der Waals surface area contributed by atoms with Gasteiger partial charge in [-0.2, -0.15) is 0 Å². The summed E-state index contributed by atoms with van der Waals surface area (Å²) in [7, 11) is 0. The van der Waals surface area contributed by atoms with Gasteiger partial charge in [-0.3, -0.25) is 4.79 Å². The molecule has 0 spiro atoms. The van der Waals surface area contributed by atoms with Crippen molar-refractivity contribution in [1.29, 1.82) is 0 Å². The first-order valence-corrected chi connectivity index (χ1v) is 6.67. The Kier molecular flexibility index (Phi) is 4.95. The van der Waals surface area contributed by atoms with Crippen molar-refractivity contribution in [1.82, 2.24) is 10.3 Å². The van der Waals surface area contributed by atoms with Crippen molar-refractivity contribution in [3.05, 3.63) is 63.9 Å². The summed E-state index contributed by atoms with van der Waals surface area (Å²) in [5.41, 5.74) is 0.761. The number of aliphatic hydroxyl groups excluding tert-OH is 1. The summed E-state index contributed by atoms with van der Waals surface area (Å²) in [5, 5.41) is 13.3. The molecule has 2 rings (SSSR count). The smallest absolute Gasteiger partial charge is 0.270 e. The van der Waals surface area contributed by atoms with Crippen LogP contribution in [0.4, 0.5) is 0 Å². The molecule has 1 amide bonds. The number of halogens is 2. The molecule has 2 N–H and O–H groups in total. The maximum absolute atomic E-state index is 11.8. The second kappa shape index (κ2) is 6.70. The van der Waals surface area contributed by atoms with Crippen molar-refractivity contribution < 1.29 is 9.90 Å². The van der Waals surface area contributed by atoms with Crippen molar-refractivity contribution in [2.75, 3.05) is 6.54 Å². The molecule has 104 valence electrons. The van der Waals surface area contributed by atoms with Gasteiger partial charge < -0.3 is 10.4 Å². The quantitative estimate of drug-likeness (QED) is 0.854. The van der Waals surface area contributed by atoms with E-state index in [2.05, 4.69) is 10.3 Å². The molecule has 1 aromatic carbocycles. The lowest BCUT2D eigenvalue weighted by atomic mass is 10.1. The normalized spacial score (nSPS) is 11.9. The van der Waals surface area contributed by atoms with Gasteiger partial charge in [0.2, 0.25) is 0 Å². The van der Waals surface area contributed by atoms with E-state index in [0.29, 0.717) is 10.6 Å². The summed E-state index contributed by atoms with van der Waals surface area (Å²) in [5.74, 6) is -0.404. The predicted molar refractivity (Wildman–Crippen MR) is 78.0 cm³/mol. The van der Waals surface area contributed by atoms with E-state index in [9.17, 15) is 9.90 Å². The summed E-state index contributed by atoms with van der Waals surface area (Å²) in [6.07, 6.45) is -0.883. The number of nitrogens with zero attached hydrogens (tertiary/aromatic N) is 1. The number of benzene rings is 1. The fraction of sp³-hybridized carbons (Fsp3) is 0.143. The molecule has 0 aliphatic heterocycles. The zero-order valence-corrected chi connectivity index (χ0v) is 11.9. The fourth-order valence-electron chi connectivity index (χ4n) is 1.67. The Hall–Kier alpha value is -1.62. The van der Waals surface area contributed by atoms with Crippen LogP contribution < -0.4 is 5.32 Å². The largest absolute Gasteiger partial charge is 0.387 e. The topological polar surface area (TPSA) is 62.2 Å². The van der Waals surface area contributed by atoms with Gasteiger partial charge in [0.1, 0.15) is 10.8 Å². The van der Waals surface area contributed by atoms with Crippen molar-refractivity contribution in [3.63, 3.8) is 0 Å². The van der Waals surface area contributed by atoms with Gasteiger partial charge in [0.25, 0.3) is 5.91 Å². The molecular formula is C14H12Cl2N2O2. The standard InChI is InChI=1S/C14H12Cl2N2O2/c15-10-5-2-1-4-9(10)12(19)8-17-14(20)11-6-3-7-13(16)18-11/h1-7,12,19H,8H2,(H,17,20). The summed E-state index contributed by atoms with van der Waals surface area (Å²) in [4.78, 5) is 15.7. The third-order valence-corrected chi connectivity index (χ3v) is 3.22. The van der Waals surface area contributed by atoms with E-state index < -0.39 is 12.0 Å². The molecule has 1 atom stereocenters. The van der Waals surface area contributed by atoms with E-state index in [1.807, 2.05) is 0 Å². The maximum atomic E-state index is 11.8. The molecular weight excluding hydrogens is 299 g/mol. The molecule has 0 radical (unpaired) electrons. The molecule has 0 aliphatic rings. The summed E-state index contributed by atoms with van der Waals surface area (Å²) >= 11 is 11.7. The highest BCUT2D eigenvalue weighted by atomic mass is 35.5. The Balaban J connectivity index is 1.99. The highest BCUT2D eigenvalue weighted by Crippen LogP contribution is 2.21. The maximum Gasteiger partial charge on any atom is 0.270 e. The number of nitrogens with one attached hydrogen (secondary N) is 1. The Morgan fingerprint density at radius 3 is 2.65 bits per heavy atom. The van der Waals surface area contributed by atoms with E-state index in [1.54, 1.807) is 42.5 Å². The number of aromatic nitrogens is 1. The molecule has 0 aliphatic carbocycles. The number of aliphatic hydroxyl groups is 1. The van der Waals surface area contributed by atoms with Gasteiger partial charge >= 0.3 is 0 Å². The number of rotatable bonds is 4. The van der Waals surface area contributed by atoms with Crippen molar-refractivity contribution in [2.45, 2.75) is 6.10 Å². The zero-order valence-electron chi connectivity index (χ0n) is 10.4. The molecule has 1 aromatic heterocycles. The summed E-state index contributed by atoms with van der Waals surface area (Å²) in [6, 6.07) is 11.7. The Morgan fingerprint density at radius 1 is 1.20 bits per heavy atom.